The number of ether oxygens (including phenoxy) is 1. The van der Waals surface area contributed by atoms with E-state index in [0.29, 0.717) is 41.7 Å². The minimum atomic E-state index is -1.19. The van der Waals surface area contributed by atoms with Crippen LogP contribution in [-0.2, 0) is 10.8 Å². The SMILES string of the molecule is COc1cccc2c(N3CCC(CS(=O)C=N)CC3)c(F)cnc12. The third-order valence-electron chi connectivity index (χ3n) is 4.47. The molecule has 0 bridgehead atoms. The number of piperidine rings is 1. The highest BCUT2D eigenvalue weighted by molar-refractivity contribution is 7.98. The molecule has 0 radical (unpaired) electrons. The molecule has 1 aromatic heterocycles. The Morgan fingerprint density at radius 2 is 2.21 bits per heavy atom. The van der Waals surface area contributed by atoms with Gasteiger partial charge in [-0.3, -0.25) is 9.62 Å². The highest BCUT2D eigenvalue weighted by Gasteiger charge is 2.24. The number of rotatable bonds is 5. The summed E-state index contributed by atoms with van der Waals surface area (Å²) in [4.78, 5) is 6.21. The summed E-state index contributed by atoms with van der Waals surface area (Å²) in [7, 11) is 0.389. The van der Waals surface area contributed by atoms with Crippen molar-refractivity contribution in [3.63, 3.8) is 0 Å². The molecule has 1 aliphatic heterocycles. The van der Waals surface area contributed by atoms with Gasteiger partial charge >= 0.3 is 0 Å². The van der Waals surface area contributed by atoms with Gasteiger partial charge in [0.2, 0.25) is 0 Å². The lowest BCUT2D eigenvalue weighted by atomic mass is 9.98. The average Bonchev–Trinajstić information content (AvgIpc) is 2.61. The van der Waals surface area contributed by atoms with E-state index in [4.69, 9.17) is 10.1 Å². The predicted octanol–water partition coefficient (Wildman–Crippen LogP) is 2.95. The molecule has 3 rings (SSSR count). The summed E-state index contributed by atoms with van der Waals surface area (Å²) in [5, 5.41) is 7.80. The number of aromatic nitrogens is 1. The maximum Gasteiger partial charge on any atom is 0.165 e. The van der Waals surface area contributed by atoms with Gasteiger partial charge in [0.25, 0.3) is 0 Å². The molecule has 5 nitrogen and oxygen atoms in total. The Kier molecular flexibility index (Phi) is 5.08. The van der Waals surface area contributed by atoms with Gasteiger partial charge in [-0.2, -0.15) is 0 Å². The maximum absolute atomic E-state index is 14.5. The lowest BCUT2D eigenvalue weighted by Gasteiger charge is -2.34. The molecule has 0 saturated carbocycles. The van der Waals surface area contributed by atoms with Crippen LogP contribution in [0.15, 0.2) is 24.4 Å². The zero-order valence-corrected chi connectivity index (χ0v) is 14.3. The number of para-hydroxylation sites is 1. The number of nitrogens with one attached hydrogen (secondary N) is 1. The van der Waals surface area contributed by atoms with Crippen molar-refractivity contribution in [2.45, 2.75) is 12.8 Å². The fourth-order valence-electron chi connectivity index (χ4n) is 3.25. The molecule has 2 heterocycles. The first-order valence-electron chi connectivity index (χ1n) is 7.88. The van der Waals surface area contributed by atoms with E-state index in [9.17, 15) is 8.60 Å². The highest BCUT2D eigenvalue weighted by Crippen LogP contribution is 2.35. The van der Waals surface area contributed by atoms with Crippen molar-refractivity contribution in [2.75, 3.05) is 30.9 Å². The molecule has 128 valence electrons. The zero-order valence-electron chi connectivity index (χ0n) is 13.5. The number of anilines is 1. The van der Waals surface area contributed by atoms with Crippen LogP contribution in [-0.4, -0.2) is 40.7 Å². The standard InChI is InChI=1S/C17H20FN3O2S/c1-23-15-4-2-3-13-16(15)20-9-14(18)17(13)21-7-5-12(6-8-21)10-24(22)11-19/h2-4,9,11-12,19H,5-8,10H2,1H3. The van der Waals surface area contributed by atoms with Crippen molar-refractivity contribution in [1.29, 1.82) is 5.41 Å². The fourth-order valence-corrected chi connectivity index (χ4v) is 4.14. The minimum Gasteiger partial charge on any atom is -0.494 e. The topological polar surface area (TPSA) is 66.3 Å². The molecule has 1 N–H and O–H groups in total. The number of methoxy groups -OCH3 is 1. The minimum absolute atomic E-state index is 0.314. The number of halogens is 1. The normalized spacial score (nSPS) is 17.0. The summed E-state index contributed by atoms with van der Waals surface area (Å²) >= 11 is 0. The summed E-state index contributed by atoms with van der Waals surface area (Å²) in [6, 6.07) is 5.52. The van der Waals surface area contributed by atoms with Gasteiger partial charge in [-0.25, -0.2) is 9.37 Å². The van der Waals surface area contributed by atoms with Gasteiger partial charge in [0.1, 0.15) is 11.3 Å². The Morgan fingerprint density at radius 3 is 2.88 bits per heavy atom. The largest absolute Gasteiger partial charge is 0.494 e. The van der Waals surface area contributed by atoms with Gasteiger partial charge in [0, 0.05) is 24.2 Å². The number of benzene rings is 1. The van der Waals surface area contributed by atoms with Crippen molar-refractivity contribution in [3.8, 4) is 5.75 Å². The van der Waals surface area contributed by atoms with Crippen LogP contribution in [0.25, 0.3) is 10.9 Å². The van der Waals surface area contributed by atoms with Gasteiger partial charge in [-0.05, 0) is 24.8 Å². The third-order valence-corrected chi connectivity index (χ3v) is 5.53. The average molecular weight is 349 g/mol. The summed E-state index contributed by atoms with van der Waals surface area (Å²) in [6.45, 7) is 1.40. The van der Waals surface area contributed by atoms with Crippen LogP contribution in [0.1, 0.15) is 12.8 Å². The molecule has 1 saturated heterocycles. The quantitative estimate of drug-likeness (QED) is 0.666. The Morgan fingerprint density at radius 1 is 1.46 bits per heavy atom. The van der Waals surface area contributed by atoms with E-state index in [0.717, 1.165) is 23.8 Å². The van der Waals surface area contributed by atoms with Gasteiger partial charge in [0.15, 0.2) is 5.82 Å². The lowest BCUT2D eigenvalue weighted by molar-refractivity contribution is 0.418. The fraction of sp³-hybridized carbons (Fsp3) is 0.412. The molecule has 2 aromatic rings. The summed E-state index contributed by atoms with van der Waals surface area (Å²) in [6.07, 6.45) is 2.93. The van der Waals surface area contributed by atoms with Gasteiger partial charge < -0.3 is 9.64 Å². The van der Waals surface area contributed by atoms with Crippen LogP contribution < -0.4 is 9.64 Å². The van der Waals surface area contributed by atoms with Gasteiger partial charge in [0.05, 0.1) is 35.3 Å². The molecule has 1 aliphatic rings. The number of hydrogen-bond donors (Lipinski definition) is 1. The molecule has 7 heteroatoms. The molecule has 0 spiro atoms. The molecular weight excluding hydrogens is 329 g/mol. The number of fused-ring (bicyclic) bond motifs is 1. The first kappa shape index (κ1) is 16.8. The molecule has 1 unspecified atom stereocenters. The van der Waals surface area contributed by atoms with Crippen LogP contribution in [0, 0.1) is 17.1 Å². The Labute approximate surface area is 142 Å². The van der Waals surface area contributed by atoms with Crippen molar-refractivity contribution < 1.29 is 13.3 Å². The number of hydrogen-bond acceptors (Lipinski definition) is 5. The summed E-state index contributed by atoms with van der Waals surface area (Å²) < 4.78 is 31.3. The van der Waals surface area contributed by atoms with Crippen molar-refractivity contribution in [1.82, 2.24) is 4.98 Å². The lowest BCUT2D eigenvalue weighted by Crippen LogP contribution is -2.36. The highest BCUT2D eigenvalue weighted by atomic mass is 32.2. The van der Waals surface area contributed by atoms with E-state index >= 15 is 0 Å². The van der Waals surface area contributed by atoms with Crippen molar-refractivity contribution in [2.24, 2.45) is 5.92 Å². The number of pyridine rings is 1. The van der Waals surface area contributed by atoms with Crippen molar-refractivity contribution in [3.05, 3.63) is 30.2 Å². The maximum atomic E-state index is 14.5. The van der Waals surface area contributed by atoms with E-state index in [1.165, 1.54) is 6.20 Å². The third kappa shape index (κ3) is 3.26. The molecule has 0 aliphatic carbocycles. The van der Waals surface area contributed by atoms with Crippen molar-refractivity contribution >= 4 is 32.9 Å². The second-order valence-corrected chi connectivity index (χ2v) is 7.24. The van der Waals surface area contributed by atoms with E-state index in [1.807, 2.05) is 23.1 Å². The first-order valence-corrected chi connectivity index (χ1v) is 9.26. The van der Waals surface area contributed by atoms with Crippen LogP contribution in [0.4, 0.5) is 10.1 Å². The summed E-state index contributed by atoms with van der Waals surface area (Å²) in [5.41, 5.74) is 2.21. The molecule has 0 amide bonds. The number of nitrogens with zero attached hydrogens (tertiary/aromatic N) is 2. The Bertz CT molecular complexity index is 776. The Hall–Kier alpha value is -2.02. The van der Waals surface area contributed by atoms with E-state index in [1.54, 1.807) is 7.11 Å². The Balaban J connectivity index is 1.87. The van der Waals surface area contributed by atoms with E-state index in [-0.39, 0.29) is 5.82 Å². The van der Waals surface area contributed by atoms with E-state index < -0.39 is 10.8 Å². The molecule has 1 fully saturated rings. The van der Waals surface area contributed by atoms with E-state index in [2.05, 4.69) is 4.98 Å². The zero-order chi connectivity index (χ0) is 17.1. The second kappa shape index (κ2) is 7.25. The molecule has 1 aromatic carbocycles. The molecule has 1 atom stereocenters. The molecular formula is C17H20FN3O2S. The van der Waals surface area contributed by atoms with Crippen LogP contribution >= 0.6 is 0 Å². The first-order chi connectivity index (χ1) is 11.6. The van der Waals surface area contributed by atoms with Crippen LogP contribution in [0.2, 0.25) is 0 Å². The van der Waals surface area contributed by atoms with Gasteiger partial charge in [-0.15, -0.1) is 0 Å². The van der Waals surface area contributed by atoms with Crippen LogP contribution in [0.3, 0.4) is 0 Å². The monoisotopic (exact) mass is 349 g/mol. The van der Waals surface area contributed by atoms with Crippen LogP contribution in [0.5, 0.6) is 5.75 Å². The predicted molar refractivity (Wildman–Crippen MR) is 95.0 cm³/mol. The summed E-state index contributed by atoms with van der Waals surface area (Å²) in [5.74, 6) is 1.13. The molecule has 24 heavy (non-hydrogen) atoms. The smallest absolute Gasteiger partial charge is 0.165 e. The van der Waals surface area contributed by atoms with Gasteiger partial charge in [-0.1, -0.05) is 12.1 Å². The second-order valence-electron chi connectivity index (χ2n) is 5.91.